The van der Waals surface area contributed by atoms with E-state index in [1.54, 1.807) is 18.4 Å². The van der Waals surface area contributed by atoms with Crippen LogP contribution in [0.25, 0.3) is 11.2 Å². The second-order valence-electron chi connectivity index (χ2n) is 6.91. The number of carbonyl (C=O) groups excluding carboxylic acids is 2. The minimum atomic E-state index is -0.587. The number of hydrogen-bond donors (Lipinski definition) is 2. The van der Waals surface area contributed by atoms with Gasteiger partial charge in [0.1, 0.15) is 0 Å². The summed E-state index contributed by atoms with van der Waals surface area (Å²) >= 11 is 1.31. The van der Waals surface area contributed by atoms with E-state index in [4.69, 9.17) is 14.6 Å². The summed E-state index contributed by atoms with van der Waals surface area (Å²) in [4.78, 5) is 24.9. The van der Waals surface area contributed by atoms with Crippen LogP contribution in [-0.2, 0) is 9.59 Å². The van der Waals surface area contributed by atoms with Gasteiger partial charge in [-0.05, 0) is 18.8 Å². The van der Waals surface area contributed by atoms with Crippen LogP contribution in [0.3, 0.4) is 0 Å². The maximum atomic E-state index is 12.6. The molecule has 2 atom stereocenters. The normalized spacial score (nSPS) is 13.4. The predicted octanol–water partition coefficient (Wildman–Crippen LogP) is 4.16. The number of Topliss-reactive ketones (excluding diaryl/α,β-unsaturated/α-hetero) is 1. The van der Waals surface area contributed by atoms with Crippen LogP contribution >= 0.6 is 24.2 Å². The molecule has 0 unspecified atom stereocenters. The number of ketones is 1. The van der Waals surface area contributed by atoms with E-state index in [0.29, 0.717) is 35.0 Å². The van der Waals surface area contributed by atoms with E-state index in [-0.39, 0.29) is 29.9 Å². The summed E-state index contributed by atoms with van der Waals surface area (Å²) in [6.07, 6.45) is 4.61. The van der Waals surface area contributed by atoms with Gasteiger partial charge in [-0.1, -0.05) is 45.4 Å². The van der Waals surface area contributed by atoms with Gasteiger partial charge in [-0.25, -0.2) is 0 Å². The molecule has 2 aromatic heterocycles. The van der Waals surface area contributed by atoms with Gasteiger partial charge in [0.05, 0.1) is 24.1 Å². The third-order valence-corrected chi connectivity index (χ3v) is 5.00. The highest BCUT2D eigenvalue weighted by atomic mass is 35.5. The Balaban J connectivity index is 0.00000364. The molecule has 2 heterocycles. The Morgan fingerprint density at radius 1 is 1.30 bits per heavy atom. The average Bonchev–Trinajstić information content (AvgIpc) is 3.16. The average molecular weight is 417 g/mol. The van der Waals surface area contributed by atoms with Gasteiger partial charge < -0.3 is 19.9 Å². The molecule has 0 saturated heterocycles. The molecule has 0 aliphatic heterocycles. The first-order valence-corrected chi connectivity index (χ1v) is 10.1. The lowest BCUT2D eigenvalue weighted by molar-refractivity contribution is -0.127. The third kappa shape index (κ3) is 7.24. The topological polar surface area (TPSA) is 98.5 Å². The fourth-order valence-electron chi connectivity index (χ4n) is 2.67. The minimum absolute atomic E-state index is 0. The van der Waals surface area contributed by atoms with Gasteiger partial charge in [0.15, 0.2) is 22.0 Å². The van der Waals surface area contributed by atoms with Crippen LogP contribution in [0.5, 0.6) is 0 Å². The summed E-state index contributed by atoms with van der Waals surface area (Å²) in [6.45, 7) is 6.09. The fourth-order valence-corrected chi connectivity index (χ4v) is 3.50. The van der Waals surface area contributed by atoms with E-state index in [9.17, 15) is 9.59 Å². The van der Waals surface area contributed by atoms with Crippen molar-refractivity contribution in [2.24, 2.45) is 11.7 Å². The zero-order valence-electron chi connectivity index (χ0n) is 16.0. The quantitative estimate of drug-likeness (QED) is 0.533. The van der Waals surface area contributed by atoms with E-state index in [1.165, 1.54) is 11.8 Å². The van der Waals surface area contributed by atoms with Crippen molar-refractivity contribution in [2.75, 3.05) is 5.75 Å². The van der Waals surface area contributed by atoms with Gasteiger partial charge >= 0.3 is 0 Å². The van der Waals surface area contributed by atoms with Gasteiger partial charge in [0.2, 0.25) is 5.91 Å². The number of halogens is 1. The lowest BCUT2D eigenvalue weighted by atomic mass is 10.0. The maximum Gasteiger partial charge on any atom is 0.237 e. The molecule has 2 rings (SSSR count). The largest absolute Gasteiger partial charge is 0.461 e. The number of unbranched alkanes of at least 4 members (excludes halogenated alkanes) is 1. The van der Waals surface area contributed by atoms with Crippen molar-refractivity contribution in [2.45, 2.75) is 63.6 Å². The van der Waals surface area contributed by atoms with Crippen LogP contribution < -0.4 is 11.1 Å². The number of hydrogen-bond acceptors (Lipinski definition) is 6. The summed E-state index contributed by atoms with van der Waals surface area (Å²) in [5.74, 6) is 0.271. The van der Waals surface area contributed by atoms with Crippen molar-refractivity contribution in [3.05, 3.63) is 18.4 Å². The fraction of sp³-hybridized carbons (Fsp3) is 0.579. The van der Waals surface area contributed by atoms with E-state index in [0.717, 1.165) is 12.8 Å². The Labute approximate surface area is 170 Å². The Morgan fingerprint density at radius 2 is 2.04 bits per heavy atom. The van der Waals surface area contributed by atoms with Crippen LogP contribution in [0.15, 0.2) is 32.3 Å². The summed E-state index contributed by atoms with van der Waals surface area (Å²) in [5, 5.41) is 3.47. The molecule has 3 N–H and O–H groups in total. The number of rotatable bonds is 11. The Bertz CT molecular complexity index is 700. The Hall–Kier alpha value is -1.44. The first-order chi connectivity index (χ1) is 12.4. The molecule has 0 fully saturated rings. The molecule has 0 aliphatic carbocycles. The molecule has 0 spiro atoms. The molecule has 6 nitrogen and oxygen atoms in total. The molecular formula is C19H29ClN2O4S. The van der Waals surface area contributed by atoms with E-state index >= 15 is 0 Å². The van der Waals surface area contributed by atoms with Crippen molar-refractivity contribution in [3.8, 4) is 0 Å². The molecule has 0 saturated carbocycles. The molecule has 0 radical (unpaired) electrons. The summed E-state index contributed by atoms with van der Waals surface area (Å²) in [5.41, 5.74) is 7.26. The Kier molecular flexibility index (Phi) is 9.98. The van der Waals surface area contributed by atoms with Gasteiger partial charge in [0.25, 0.3) is 0 Å². The molecule has 2 aromatic rings. The lowest BCUT2D eigenvalue weighted by Crippen LogP contribution is -2.49. The number of fused-ring (bicyclic) bond motifs is 1. The zero-order chi connectivity index (χ0) is 19.1. The highest BCUT2D eigenvalue weighted by Crippen LogP contribution is 2.28. The van der Waals surface area contributed by atoms with Gasteiger partial charge in [0, 0.05) is 12.1 Å². The van der Waals surface area contributed by atoms with Gasteiger partial charge in [-0.2, -0.15) is 0 Å². The van der Waals surface area contributed by atoms with Crippen molar-refractivity contribution >= 4 is 47.0 Å². The molecule has 0 bridgehead atoms. The number of furan rings is 2. The number of carbonyl (C=O) groups is 2. The minimum Gasteiger partial charge on any atom is -0.461 e. The van der Waals surface area contributed by atoms with Crippen LogP contribution in [0.4, 0.5) is 0 Å². The van der Waals surface area contributed by atoms with Gasteiger partial charge in [-0.15, -0.1) is 12.4 Å². The third-order valence-electron chi connectivity index (χ3n) is 4.09. The van der Waals surface area contributed by atoms with Crippen LogP contribution in [0.2, 0.25) is 0 Å². The zero-order valence-corrected chi connectivity index (χ0v) is 17.7. The standard InChI is InChI=1S/C19H28N2O4S.ClH/c1-4-5-6-14(21-19(23)13(20)9-12(2)3)15(22)11-26-18-10-17-16(25-18)7-8-24-17;/h7-8,10,12-14H,4-6,9,11,20H2,1-3H3,(H,21,23);1H/t13-,14-;/m0./s1. The second kappa shape index (κ2) is 11.4. The SMILES string of the molecule is CCCC[C@H](NC(=O)[C@@H](N)CC(C)C)C(=O)CSc1cc2occc2o1.Cl. The second-order valence-corrected chi connectivity index (χ2v) is 7.89. The van der Waals surface area contributed by atoms with Crippen LogP contribution in [-0.4, -0.2) is 29.5 Å². The highest BCUT2D eigenvalue weighted by Gasteiger charge is 2.24. The van der Waals surface area contributed by atoms with Crippen molar-refractivity contribution in [1.82, 2.24) is 5.32 Å². The number of nitrogens with two attached hydrogens (primary N) is 1. The molecule has 0 aromatic carbocycles. The Morgan fingerprint density at radius 3 is 2.67 bits per heavy atom. The van der Waals surface area contributed by atoms with Crippen LogP contribution in [0, 0.1) is 5.92 Å². The number of thioether (sulfide) groups is 1. The maximum absolute atomic E-state index is 12.6. The first kappa shape index (κ1) is 23.6. The van der Waals surface area contributed by atoms with E-state index in [1.807, 2.05) is 13.8 Å². The van der Waals surface area contributed by atoms with Crippen molar-refractivity contribution < 1.29 is 18.4 Å². The van der Waals surface area contributed by atoms with Crippen molar-refractivity contribution in [3.63, 3.8) is 0 Å². The monoisotopic (exact) mass is 416 g/mol. The van der Waals surface area contributed by atoms with E-state index < -0.39 is 12.1 Å². The number of amides is 1. The smallest absolute Gasteiger partial charge is 0.237 e. The lowest BCUT2D eigenvalue weighted by Gasteiger charge is -2.20. The van der Waals surface area contributed by atoms with Crippen molar-refractivity contribution in [1.29, 1.82) is 0 Å². The van der Waals surface area contributed by atoms with Crippen LogP contribution in [0.1, 0.15) is 46.5 Å². The summed E-state index contributed by atoms with van der Waals surface area (Å²) in [6, 6.07) is 2.41. The first-order valence-electron chi connectivity index (χ1n) is 9.09. The molecule has 0 aliphatic rings. The number of nitrogens with one attached hydrogen (secondary N) is 1. The molecule has 27 heavy (non-hydrogen) atoms. The molecule has 152 valence electrons. The van der Waals surface area contributed by atoms with E-state index in [2.05, 4.69) is 12.2 Å². The molecule has 1 amide bonds. The molecule has 8 heteroatoms. The van der Waals surface area contributed by atoms with Gasteiger partial charge in [-0.3, -0.25) is 9.59 Å². The summed E-state index contributed by atoms with van der Waals surface area (Å²) < 4.78 is 10.8. The predicted molar refractivity (Wildman–Crippen MR) is 110 cm³/mol. The summed E-state index contributed by atoms with van der Waals surface area (Å²) in [7, 11) is 0. The highest BCUT2D eigenvalue weighted by molar-refractivity contribution is 7.99. The molecular weight excluding hydrogens is 388 g/mol.